The van der Waals surface area contributed by atoms with Gasteiger partial charge in [-0.3, -0.25) is 4.79 Å². The summed E-state index contributed by atoms with van der Waals surface area (Å²) in [5, 5.41) is 6.18. The first-order valence-electron chi connectivity index (χ1n) is 6.62. The number of rotatable bonds is 6. The van der Waals surface area contributed by atoms with E-state index in [1.807, 2.05) is 6.92 Å². The van der Waals surface area contributed by atoms with E-state index in [0.29, 0.717) is 12.6 Å². The highest BCUT2D eigenvalue weighted by Crippen LogP contribution is 2.12. The number of carbonyl (C=O) groups is 1. The van der Waals surface area contributed by atoms with Crippen LogP contribution in [-0.4, -0.2) is 18.5 Å². The molecule has 0 fully saturated rings. The molecule has 0 saturated carbocycles. The Kier molecular flexibility index (Phi) is 5.86. The van der Waals surface area contributed by atoms with Gasteiger partial charge in [0, 0.05) is 6.04 Å². The molecule has 1 amide bonds. The molecule has 0 saturated heterocycles. The van der Waals surface area contributed by atoms with Crippen molar-refractivity contribution >= 4 is 5.91 Å². The van der Waals surface area contributed by atoms with E-state index in [-0.39, 0.29) is 11.9 Å². The number of hydrogen-bond acceptors (Lipinski definition) is 2. The lowest BCUT2D eigenvalue weighted by atomic mass is 10.1. The highest BCUT2D eigenvalue weighted by Gasteiger charge is 2.09. The van der Waals surface area contributed by atoms with Gasteiger partial charge in [0.05, 0.1) is 12.6 Å². The Morgan fingerprint density at radius 1 is 1.22 bits per heavy atom. The van der Waals surface area contributed by atoms with E-state index in [1.165, 1.54) is 5.56 Å². The zero-order valence-electron chi connectivity index (χ0n) is 11.8. The van der Waals surface area contributed by atoms with Crippen molar-refractivity contribution in [3.63, 3.8) is 0 Å². The van der Waals surface area contributed by atoms with Gasteiger partial charge in [0.25, 0.3) is 0 Å². The molecule has 2 atom stereocenters. The summed E-state index contributed by atoms with van der Waals surface area (Å²) in [6, 6.07) is 8.68. The van der Waals surface area contributed by atoms with Crippen molar-refractivity contribution in [1.82, 2.24) is 10.6 Å². The van der Waals surface area contributed by atoms with E-state index >= 15 is 0 Å². The second kappa shape index (κ2) is 7.17. The summed E-state index contributed by atoms with van der Waals surface area (Å²) in [6.07, 6.45) is 1.03. The van der Waals surface area contributed by atoms with Crippen LogP contribution in [0.25, 0.3) is 0 Å². The number of amides is 1. The molecule has 3 nitrogen and oxygen atoms in total. The second-order valence-corrected chi connectivity index (χ2v) is 4.89. The van der Waals surface area contributed by atoms with Gasteiger partial charge in [-0.2, -0.15) is 0 Å². The smallest absolute Gasteiger partial charge is 0.234 e. The molecule has 0 aromatic heterocycles. The average molecular weight is 248 g/mol. The molecule has 0 aliphatic rings. The molecular formula is C15H24N2O. The molecule has 1 rings (SSSR count). The molecule has 1 aromatic carbocycles. The van der Waals surface area contributed by atoms with Gasteiger partial charge in [0.15, 0.2) is 0 Å². The van der Waals surface area contributed by atoms with E-state index in [0.717, 1.165) is 12.0 Å². The summed E-state index contributed by atoms with van der Waals surface area (Å²) in [5.74, 6) is 0.0448. The van der Waals surface area contributed by atoms with Crippen LogP contribution in [0, 0.1) is 6.92 Å². The van der Waals surface area contributed by atoms with Crippen molar-refractivity contribution in [3.8, 4) is 0 Å². The molecular weight excluding hydrogens is 224 g/mol. The summed E-state index contributed by atoms with van der Waals surface area (Å²) in [4.78, 5) is 11.7. The summed E-state index contributed by atoms with van der Waals surface area (Å²) >= 11 is 0. The van der Waals surface area contributed by atoms with E-state index < -0.39 is 0 Å². The minimum atomic E-state index is 0.0448. The van der Waals surface area contributed by atoms with Crippen LogP contribution in [0.2, 0.25) is 0 Å². The van der Waals surface area contributed by atoms with Gasteiger partial charge >= 0.3 is 0 Å². The molecule has 1 unspecified atom stereocenters. The zero-order chi connectivity index (χ0) is 13.5. The van der Waals surface area contributed by atoms with Crippen molar-refractivity contribution < 1.29 is 4.79 Å². The third kappa shape index (κ3) is 4.88. The van der Waals surface area contributed by atoms with Crippen molar-refractivity contribution in [2.75, 3.05) is 6.54 Å². The third-order valence-corrected chi connectivity index (χ3v) is 3.18. The molecule has 3 heteroatoms. The number of hydrogen-bond donors (Lipinski definition) is 2. The van der Waals surface area contributed by atoms with Gasteiger partial charge in [-0.05, 0) is 32.8 Å². The Labute approximate surface area is 110 Å². The van der Waals surface area contributed by atoms with Crippen molar-refractivity contribution in [2.45, 2.75) is 46.2 Å². The number of nitrogens with one attached hydrogen (secondary N) is 2. The highest BCUT2D eigenvalue weighted by molar-refractivity contribution is 5.78. The number of benzene rings is 1. The molecule has 0 radical (unpaired) electrons. The molecule has 2 N–H and O–H groups in total. The monoisotopic (exact) mass is 248 g/mol. The van der Waals surface area contributed by atoms with Crippen LogP contribution in [0.1, 0.15) is 44.4 Å². The average Bonchev–Trinajstić information content (AvgIpc) is 2.36. The first-order valence-corrected chi connectivity index (χ1v) is 6.62. The number of aryl methyl sites for hydroxylation is 1. The predicted octanol–water partition coefficient (Wildman–Crippen LogP) is 2.56. The second-order valence-electron chi connectivity index (χ2n) is 4.89. The standard InChI is InChI=1S/C15H24N2O/c1-5-12(3)16-10-15(18)17-13(4)14-8-6-11(2)7-9-14/h6-9,12-13,16H,5,10H2,1-4H3,(H,17,18)/t12?,13-/m0/s1. The molecule has 100 valence electrons. The normalized spacial score (nSPS) is 14.0. The van der Waals surface area contributed by atoms with Crippen LogP contribution in [0.5, 0.6) is 0 Å². The van der Waals surface area contributed by atoms with Gasteiger partial charge in [-0.15, -0.1) is 0 Å². The molecule has 0 bridgehead atoms. The van der Waals surface area contributed by atoms with Gasteiger partial charge in [-0.25, -0.2) is 0 Å². The lowest BCUT2D eigenvalue weighted by Crippen LogP contribution is -2.38. The van der Waals surface area contributed by atoms with E-state index in [2.05, 4.69) is 55.7 Å². The van der Waals surface area contributed by atoms with Crippen molar-refractivity contribution in [2.24, 2.45) is 0 Å². The molecule has 0 spiro atoms. The molecule has 0 aliphatic carbocycles. The van der Waals surface area contributed by atoms with Crippen LogP contribution in [0.3, 0.4) is 0 Å². The topological polar surface area (TPSA) is 41.1 Å². The highest BCUT2D eigenvalue weighted by atomic mass is 16.1. The van der Waals surface area contributed by atoms with E-state index in [4.69, 9.17) is 0 Å². The minimum absolute atomic E-state index is 0.0448. The Morgan fingerprint density at radius 2 is 1.83 bits per heavy atom. The first kappa shape index (κ1) is 14.7. The van der Waals surface area contributed by atoms with Gasteiger partial charge in [0.2, 0.25) is 5.91 Å². The van der Waals surface area contributed by atoms with Crippen LogP contribution >= 0.6 is 0 Å². The fraction of sp³-hybridized carbons (Fsp3) is 0.533. The Bertz CT molecular complexity index is 373. The lowest BCUT2D eigenvalue weighted by molar-refractivity contribution is -0.121. The third-order valence-electron chi connectivity index (χ3n) is 3.18. The molecule has 0 heterocycles. The molecule has 0 aliphatic heterocycles. The van der Waals surface area contributed by atoms with Gasteiger partial charge < -0.3 is 10.6 Å². The maximum atomic E-state index is 11.7. The van der Waals surface area contributed by atoms with Gasteiger partial charge in [0.1, 0.15) is 0 Å². The first-order chi connectivity index (χ1) is 8.52. The maximum absolute atomic E-state index is 11.7. The van der Waals surface area contributed by atoms with Crippen LogP contribution in [0.4, 0.5) is 0 Å². The predicted molar refractivity (Wildman–Crippen MR) is 75.5 cm³/mol. The van der Waals surface area contributed by atoms with Crippen LogP contribution in [0.15, 0.2) is 24.3 Å². The number of carbonyl (C=O) groups excluding carboxylic acids is 1. The molecule has 1 aromatic rings. The SMILES string of the molecule is CCC(C)NCC(=O)N[C@@H](C)c1ccc(C)cc1. The van der Waals surface area contributed by atoms with Gasteiger partial charge in [-0.1, -0.05) is 36.8 Å². The Morgan fingerprint density at radius 3 is 2.39 bits per heavy atom. The molecule has 18 heavy (non-hydrogen) atoms. The summed E-state index contributed by atoms with van der Waals surface area (Å²) in [7, 11) is 0. The largest absolute Gasteiger partial charge is 0.348 e. The minimum Gasteiger partial charge on any atom is -0.348 e. The maximum Gasteiger partial charge on any atom is 0.234 e. The lowest BCUT2D eigenvalue weighted by Gasteiger charge is -2.16. The summed E-state index contributed by atoms with van der Waals surface area (Å²) in [5.41, 5.74) is 2.37. The fourth-order valence-corrected chi connectivity index (χ4v) is 1.64. The fourth-order valence-electron chi connectivity index (χ4n) is 1.64. The summed E-state index contributed by atoms with van der Waals surface area (Å²) in [6.45, 7) is 8.63. The summed E-state index contributed by atoms with van der Waals surface area (Å²) < 4.78 is 0. The van der Waals surface area contributed by atoms with E-state index in [1.54, 1.807) is 0 Å². The van der Waals surface area contributed by atoms with E-state index in [9.17, 15) is 4.79 Å². The zero-order valence-corrected chi connectivity index (χ0v) is 11.8. The van der Waals surface area contributed by atoms with Crippen molar-refractivity contribution in [1.29, 1.82) is 0 Å². The quantitative estimate of drug-likeness (QED) is 0.812. The van der Waals surface area contributed by atoms with Crippen molar-refractivity contribution in [3.05, 3.63) is 35.4 Å². The Balaban J connectivity index is 2.42. The Hall–Kier alpha value is -1.35. The van der Waals surface area contributed by atoms with Crippen LogP contribution in [-0.2, 0) is 4.79 Å². The van der Waals surface area contributed by atoms with Crippen LogP contribution < -0.4 is 10.6 Å².